The molecular formula is C12H10FN3O3. The summed E-state index contributed by atoms with van der Waals surface area (Å²) in [6, 6.07) is 5.26. The fourth-order valence-corrected chi connectivity index (χ4v) is 1.58. The summed E-state index contributed by atoms with van der Waals surface area (Å²) < 4.78 is 14.2. The van der Waals surface area contributed by atoms with Crippen molar-refractivity contribution in [2.75, 3.05) is 0 Å². The molecule has 0 saturated heterocycles. The molecule has 6 nitrogen and oxygen atoms in total. The molecule has 1 aromatic heterocycles. The van der Waals surface area contributed by atoms with Gasteiger partial charge in [-0.15, -0.1) is 0 Å². The van der Waals surface area contributed by atoms with E-state index >= 15 is 0 Å². The lowest BCUT2D eigenvalue weighted by atomic mass is 10.1. The van der Waals surface area contributed by atoms with Gasteiger partial charge < -0.3 is 14.7 Å². The Morgan fingerprint density at radius 3 is 2.63 bits per heavy atom. The van der Waals surface area contributed by atoms with Gasteiger partial charge in [0.05, 0.1) is 0 Å². The second kappa shape index (κ2) is 5.38. The van der Waals surface area contributed by atoms with Crippen LogP contribution < -0.4 is 0 Å². The van der Waals surface area contributed by atoms with Crippen LogP contribution in [0, 0.1) is 15.9 Å². The first-order valence-corrected chi connectivity index (χ1v) is 5.51. The number of aromatic nitrogens is 2. The van der Waals surface area contributed by atoms with Crippen molar-refractivity contribution < 1.29 is 14.1 Å². The van der Waals surface area contributed by atoms with E-state index in [0.717, 1.165) is 0 Å². The quantitative estimate of drug-likeness (QED) is 0.470. The van der Waals surface area contributed by atoms with Crippen LogP contribution in [0.1, 0.15) is 16.8 Å². The Morgan fingerprint density at radius 2 is 2.05 bits per heavy atom. The predicted octanol–water partition coefficient (Wildman–Crippen LogP) is 2.20. The summed E-state index contributed by atoms with van der Waals surface area (Å²) in [6.45, 7) is 0.289. The van der Waals surface area contributed by atoms with Crippen molar-refractivity contribution in [3.8, 4) is 0 Å². The van der Waals surface area contributed by atoms with Crippen molar-refractivity contribution in [1.29, 1.82) is 0 Å². The van der Waals surface area contributed by atoms with Crippen LogP contribution in [0.5, 0.6) is 0 Å². The van der Waals surface area contributed by atoms with E-state index in [-0.39, 0.29) is 24.6 Å². The number of nitro groups is 1. The lowest BCUT2D eigenvalue weighted by Gasteiger charge is -2.01. The summed E-state index contributed by atoms with van der Waals surface area (Å²) in [6.07, 6.45) is 2.73. The molecule has 2 rings (SSSR count). The molecular weight excluding hydrogens is 253 g/mol. The van der Waals surface area contributed by atoms with Gasteiger partial charge in [0.1, 0.15) is 12.0 Å². The number of nitrogens with zero attached hydrogens (tertiary/aromatic N) is 3. The molecule has 98 valence electrons. The molecule has 0 fully saturated rings. The highest BCUT2D eigenvalue weighted by Gasteiger charge is 2.11. The number of aryl methyl sites for hydroxylation is 1. The number of hydrogen-bond acceptors (Lipinski definition) is 4. The molecule has 0 saturated carbocycles. The smallest absolute Gasteiger partial charge is 0.358 e. The number of carbonyl (C=O) groups is 1. The first-order chi connectivity index (χ1) is 9.06. The Balaban J connectivity index is 1.96. The van der Waals surface area contributed by atoms with Crippen LogP contribution in [0.15, 0.2) is 36.8 Å². The summed E-state index contributed by atoms with van der Waals surface area (Å²) in [4.78, 5) is 25.2. The lowest BCUT2D eigenvalue weighted by Crippen LogP contribution is -2.04. The number of imidazole rings is 1. The molecule has 19 heavy (non-hydrogen) atoms. The third-order valence-corrected chi connectivity index (χ3v) is 2.57. The van der Waals surface area contributed by atoms with Crippen LogP contribution in [0.2, 0.25) is 0 Å². The number of ketones is 1. The maximum atomic E-state index is 12.7. The third kappa shape index (κ3) is 3.21. The first kappa shape index (κ1) is 12.9. The Hall–Kier alpha value is -2.57. The molecule has 0 bridgehead atoms. The standard InChI is InChI=1S/C12H10FN3O3/c13-10-3-1-9(2-4-10)11(17)5-6-15-7-12(14-8-15)16(18)19/h1-4,7-8H,5-6H2. The molecule has 0 aliphatic carbocycles. The van der Waals surface area contributed by atoms with Gasteiger partial charge in [0, 0.05) is 18.5 Å². The number of halogens is 1. The number of carbonyl (C=O) groups excluding carboxylic acids is 1. The SMILES string of the molecule is O=C(CCn1cnc([N+](=O)[O-])c1)c1ccc(F)cc1. The van der Waals surface area contributed by atoms with E-state index < -0.39 is 10.7 Å². The second-order valence-electron chi connectivity index (χ2n) is 3.91. The minimum atomic E-state index is -0.599. The van der Waals surface area contributed by atoms with Crippen LogP contribution in [0.4, 0.5) is 10.2 Å². The zero-order chi connectivity index (χ0) is 13.8. The molecule has 0 radical (unpaired) electrons. The fourth-order valence-electron chi connectivity index (χ4n) is 1.58. The molecule has 0 N–H and O–H groups in total. The van der Waals surface area contributed by atoms with Gasteiger partial charge in [0.2, 0.25) is 6.33 Å². The Labute approximate surface area is 107 Å². The van der Waals surface area contributed by atoms with Crippen molar-refractivity contribution in [3.05, 3.63) is 58.3 Å². The number of hydrogen-bond donors (Lipinski definition) is 0. The molecule has 0 spiro atoms. The first-order valence-electron chi connectivity index (χ1n) is 5.51. The third-order valence-electron chi connectivity index (χ3n) is 2.57. The van der Waals surface area contributed by atoms with Gasteiger partial charge in [-0.3, -0.25) is 4.79 Å². The minimum Gasteiger partial charge on any atom is -0.358 e. The van der Waals surface area contributed by atoms with Gasteiger partial charge in [0.15, 0.2) is 5.78 Å². The molecule has 0 unspecified atom stereocenters. The highest BCUT2D eigenvalue weighted by atomic mass is 19.1. The van der Waals surface area contributed by atoms with Crippen LogP contribution in [-0.2, 0) is 6.54 Å². The summed E-state index contributed by atoms with van der Waals surface area (Å²) in [5, 5.41) is 10.4. The van der Waals surface area contributed by atoms with Crippen molar-refractivity contribution in [1.82, 2.24) is 9.55 Å². The largest absolute Gasteiger partial charge is 0.381 e. The number of Topliss-reactive ketones (excluding diaryl/α,β-unsaturated/α-hetero) is 1. The monoisotopic (exact) mass is 263 g/mol. The van der Waals surface area contributed by atoms with Gasteiger partial charge in [-0.25, -0.2) is 4.39 Å². The Morgan fingerprint density at radius 1 is 1.37 bits per heavy atom. The van der Waals surface area contributed by atoms with E-state index in [9.17, 15) is 19.3 Å². The predicted molar refractivity (Wildman–Crippen MR) is 64.2 cm³/mol. The topological polar surface area (TPSA) is 78.0 Å². The van der Waals surface area contributed by atoms with Gasteiger partial charge in [-0.1, -0.05) is 0 Å². The molecule has 2 aromatic rings. The van der Waals surface area contributed by atoms with Crippen LogP contribution in [-0.4, -0.2) is 20.3 Å². The summed E-state index contributed by atoms with van der Waals surface area (Å²) in [5.74, 6) is -0.813. The van der Waals surface area contributed by atoms with Crippen molar-refractivity contribution in [2.24, 2.45) is 0 Å². The van der Waals surface area contributed by atoms with Crippen LogP contribution in [0.3, 0.4) is 0 Å². The van der Waals surface area contributed by atoms with E-state index in [1.807, 2.05) is 0 Å². The van der Waals surface area contributed by atoms with E-state index in [0.29, 0.717) is 5.56 Å². The zero-order valence-corrected chi connectivity index (χ0v) is 9.82. The number of rotatable bonds is 5. The summed E-state index contributed by atoms with van der Waals surface area (Å²) in [7, 11) is 0. The molecule has 0 aliphatic rings. The van der Waals surface area contributed by atoms with Gasteiger partial charge in [0.25, 0.3) is 0 Å². The van der Waals surface area contributed by atoms with Crippen molar-refractivity contribution in [3.63, 3.8) is 0 Å². The van der Waals surface area contributed by atoms with Crippen LogP contribution in [0.25, 0.3) is 0 Å². The van der Waals surface area contributed by atoms with Crippen molar-refractivity contribution >= 4 is 11.6 Å². The van der Waals surface area contributed by atoms with E-state index in [1.165, 1.54) is 41.4 Å². The second-order valence-corrected chi connectivity index (χ2v) is 3.91. The van der Waals surface area contributed by atoms with E-state index in [2.05, 4.69) is 4.98 Å². The Kier molecular flexibility index (Phi) is 3.65. The maximum absolute atomic E-state index is 12.7. The highest BCUT2D eigenvalue weighted by Crippen LogP contribution is 2.09. The number of benzene rings is 1. The molecule has 1 heterocycles. The van der Waals surface area contributed by atoms with Crippen LogP contribution >= 0.6 is 0 Å². The molecule has 0 atom stereocenters. The zero-order valence-electron chi connectivity index (χ0n) is 9.82. The van der Waals surface area contributed by atoms with Gasteiger partial charge in [-0.2, -0.15) is 0 Å². The minimum absolute atomic E-state index is 0.156. The fraction of sp³-hybridized carbons (Fsp3) is 0.167. The van der Waals surface area contributed by atoms with E-state index in [4.69, 9.17) is 0 Å². The highest BCUT2D eigenvalue weighted by molar-refractivity contribution is 5.95. The molecule has 7 heteroatoms. The van der Waals surface area contributed by atoms with Crippen molar-refractivity contribution in [2.45, 2.75) is 13.0 Å². The van der Waals surface area contributed by atoms with Gasteiger partial charge >= 0.3 is 5.82 Å². The normalized spacial score (nSPS) is 10.4. The van der Waals surface area contributed by atoms with E-state index in [1.54, 1.807) is 0 Å². The van der Waals surface area contributed by atoms with Gasteiger partial charge in [-0.05, 0) is 34.2 Å². The summed E-state index contributed by atoms with van der Waals surface area (Å²) in [5.41, 5.74) is 0.413. The maximum Gasteiger partial charge on any atom is 0.381 e. The average Bonchev–Trinajstić information content (AvgIpc) is 2.86. The molecule has 0 amide bonds. The average molecular weight is 263 g/mol. The lowest BCUT2D eigenvalue weighted by molar-refractivity contribution is -0.389. The Bertz CT molecular complexity index is 607. The summed E-state index contributed by atoms with van der Waals surface area (Å²) >= 11 is 0. The molecule has 1 aromatic carbocycles. The molecule has 0 aliphatic heterocycles.